The van der Waals surface area contributed by atoms with Crippen molar-refractivity contribution >= 4 is 23.5 Å². The minimum Gasteiger partial charge on any atom is -0.335 e. The Balaban J connectivity index is 1.40. The molecule has 3 rings (SSSR count). The number of aryl methyl sites for hydroxylation is 2. The molecule has 8 nitrogen and oxygen atoms in total. The van der Waals surface area contributed by atoms with Crippen LogP contribution in [0.5, 0.6) is 0 Å². The van der Waals surface area contributed by atoms with Gasteiger partial charge in [0.05, 0.1) is 12.6 Å². The summed E-state index contributed by atoms with van der Waals surface area (Å²) >= 11 is 0. The van der Waals surface area contributed by atoms with Crippen LogP contribution in [0, 0.1) is 13.8 Å². The van der Waals surface area contributed by atoms with Crippen molar-refractivity contribution in [1.82, 2.24) is 20.4 Å². The van der Waals surface area contributed by atoms with E-state index in [0.717, 1.165) is 42.5 Å². The van der Waals surface area contributed by atoms with Crippen molar-refractivity contribution in [3.63, 3.8) is 0 Å². The van der Waals surface area contributed by atoms with Gasteiger partial charge in [0.25, 0.3) is 0 Å². The molecule has 1 saturated heterocycles. The molecule has 0 spiro atoms. The molecule has 1 heterocycles. The third-order valence-electron chi connectivity index (χ3n) is 6.37. The minimum atomic E-state index is -0.398. The molecule has 1 saturated carbocycles. The zero-order valence-electron chi connectivity index (χ0n) is 18.9. The molecule has 2 fully saturated rings. The van der Waals surface area contributed by atoms with Crippen LogP contribution >= 0.6 is 0 Å². The number of anilines is 1. The van der Waals surface area contributed by atoms with Crippen molar-refractivity contribution in [3.05, 3.63) is 29.3 Å². The lowest BCUT2D eigenvalue weighted by atomic mass is 10.1. The first kappa shape index (κ1) is 23.2. The Kier molecular flexibility index (Phi) is 8.03. The molecule has 2 aliphatic rings. The molecule has 1 unspecified atom stereocenters. The van der Waals surface area contributed by atoms with Crippen LogP contribution < -0.4 is 16.0 Å². The van der Waals surface area contributed by atoms with E-state index in [0.29, 0.717) is 32.7 Å². The second kappa shape index (κ2) is 10.7. The number of rotatable bonds is 6. The summed E-state index contributed by atoms with van der Waals surface area (Å²) in [4.78, 5) is 41.2. The van der Waals surface area contributed by atoms with Gasteiger partial charge in [-0.25, -0.2) is 4.79 Å². The van der Waals surface area contributed by atoms with Crippen LogP contribution in [0.3, 0.4) is 0 Å². The molecule has 1 atom stereocenters. The van der Waals surface area contributed by atoms with E-state index in [9.17, 15) is 14.4 Å². The maximum atomic E-state index is 12.5. The molecule has 4 amide bonds. The number of benzene rings is 1. The van der Waals surface area contributed by atoms with E-state index in [1.807, 2.05) is 39.0 Å². The van der Waals surface area contributed by atoms with Gasteiger partial charge in [-0.2, -0.15) is 0 Å². The van der Waals surface area contributed by atoms with Gasteiger partial charge in [0.1, 0.15) is 0 Å². The fourth-order valence-corrected chi connectivity index (χ4v) is 4.38. The van der Waals surface area contributed by atoms with E-state index < -0.39 is 6.03 Å². The maximum Gasteiger partial charge on any atom is 0.321 e. The quantitative estimate of drug-likeness (QED) is 0.643. The Hall–Kier alpha value is -2.45. The lowest BCUT2D eigenvalue weighted by molar-refractivity contribution is -0.126. The molecule has 1 aromatic rings. The molecule has 8 heteroatoms. The summed E-state index contributed by atoms with van der Waals surface area (Å²) in [5, 5.41) is 8.38. The van der Waals surface area contributed by atoms with Crippen LogP contribution in [0.15, 0.2) is 18.2 Å². The van der Waals surface area contributed by atoms with Gasteiger partial charge in [-0.1, -0.05) is 31.0 Å². The van der Waals surface area contributed by atoms with Crippen LogP contribution in [-0.2, 0) is 9.59 Å². The molecular weight excluding hydrogens is 394 g/mol. The molecule has 1 aliphatic heterocycles. The molecule has 3 N–H and O–H groups in total. The van der Waals surface area contributed by atoms with Crippen LogP contribution in [-0.4, -0.2) is 72.5 Å². The number of hydrogen-bond donors (Lipinski definition) is 3. The SMILES string of the molecule is Cc1cccc(C)c1NC(=O)CN1CCN(C(C)C(=O)NC(=O)NC2CCCC2)CC1. The fourth-order valence-electron chi connectivity index (χ4n) is 4.38. The van der Waals surface area contributed by atoms with Crippen molar-refractivity contribution < 1.29 is 14.4 Å². The van der Waals surface area contributed by atoms with Gasteiger partial charge < -0.3 is 10.6 Å². The number of nitrogens with one attached hydrogen (secondary N) is 3. The summed E-state index contributed by atoms with van der Waals surface area (Å²) in [6.07, 6.45) is 4.22. The normalized spacial score (nSPS) is 19.1. The average Bonchev–Trinajstić information content (AvgIpc) is 3.23. The number of nitrogens with zero attached hydrogens (tertiary/aromatic N) is 2. The Labute approximate surface area is 184 Å². The molecule has 170 valence electrons. The van der Waals surface area contributed by atoms with Crippen molar-refractivity contribution in [2.24, 2.45) is 0 Å². The topological polar surface area (TPSA) is 93.8 Å². The number of hydrogen-bond acceptors (Lipinski definition) is 5. The number of amides is 4. The fraction of sp³-hybridized carbons (Fsp3) is 0.609. The summed E-state index contributed by atoms with van der Waals surface area (Å²) in [6.45, 7) is 8.88. The standard InChI is InChI=1S/C23H35N5O3/c1-16-7-6-8-17(2)21(16)25-20(29)15-27-11-13-28(14-12-27)18(3)22(30)26-23(31)24-19-9-4-5-10-19/h6-8,18-19H,4-5,9-15H2,1-3H3,(H,25,29)(H2,24,26,30,31). The predicted molar refractivity (Wildman–Crippen MR) is 121 cm³/mol. The highest BCUT2D eigenvalue weighted by Crippen LogP contribution is 2.19. The molecule has 1 aromatic carbocycles. The van der Waals surface area contributed by atoms with Gasteiger partial charge in [-0.15, -0.1) is 0 Å². The number of piperazine rings is 1. The van der Waals surface area contributed by atoms with Gasteiger partial charge in [0.2, 0.25) is 11.8 Å². The third kappa shape index (κ3) is 6.51. The highest BCUT2D eigenvalue weighted by molar-refractivity contribution is 5.97. The number of urea groups is 1. The maximum absolute atomic E-state index is 12.5. The van der Waals surface area contributed by atoms with E-state index in [1.54, 1.807) is 0 Å². The van der Waals surface area contributed by atoms with E-state index >= 15 is 0 Å². The predicted octanol–water partition coefficient (Wildman–Crippen LogP) is 2.02. The lowest BCUT2D eigenvalue weighted by Crippen LogP contribution is -2.56. The van der Waals surface area contributed by atoms with Crippen LogP contribution in [0.1, 0.15) is 43.7 Å². The van der Waals surface area contributed by atoms with Gasteiger partial charge in [-0.3, -0.25) is 24.7 Å². The van der Waals surface area contributed by atoms with Crippen molar-refractivity contribution in [1.29, 1.82) is 0 Å². The first-order chi connectivity index (χ1) is 14.8. The Morgan fingerprint density at radius 3 is 2.26 bits per heavy atom. The van der Waals surface area contributed by atoms with Crippen LogP contribution in [0.4, 0.5) is 10.5 Å². The summed E-state index contributed by atoms with van der Waals surface area (Å²) in [7, 11) is 0. The zero-order chi connectivity index (χ0) is 22.4. The smallest absolute Gasteiger partial charge is 0.321 e. The highest BCUT2D eigenvalue weighted by atomic mass is 16.2. The van der Waals surface area contributed by atoms with Crippen LogP contribution in [0.2, 0.25) is 0 Å². The average molecular weight is 430 g/mol. The van der Waals surface area contributed by atoms with Gasteiger partial charge >= 0.3 is 6.03 Å². The largest absolute Gasteiger partial charge is 0.335 e. The molecular formula is C23H35N5O3. The molecule has 0 radical (unpaired) electrons. The monoisotopic (exact) mass is 429 g/mol. The Morgan fingerprint density at radius 1 is 1.03 bits per heavy atom. The van der Waals surface area contributed by atoms with E-state index in [4.69, 9.17) is 0 Å². The number of imide groups is 1. The summed E-state index contributed by atoms with van der Waals surface area (Å²) < 4.78 is 0. The summed E-state index contributed by atoms with van der Waals surface area (Å²) in [6, 6.07) is 5.35. The molecule has 0 aromatic heterocycles. The van der Waals surface area contributed by atoms with Crippen LogP contribution in [0.25, 0.3) is 0 Å². The van der Waals surface area contributed by atoms with Gasteiger partial charge in [0, 0.05) is 37.9 Å². The number of para-hydroxylation sites is 1. The lowest BCUT2D eigenvalue weighted by Gasteiger charge is -2.37. The van der Waals surface area contributed by atoms with E-state index in [1.165, 1.54) is 0 Å². The number of carbonyl (C=O) groups excluding carboxylic acids is 3. The second-order valence-corrected chi connectivity index (χ2v) is 8.75. The van der Waals surface area contributed by atoms with E-state index in [2.05, 4.69) is 25.8 Å². The molecule has 0 bridgehead atoms. The second-order valence-electron chi connectivity index (χ2n) is 8.75. The first-order valence-corrected chi connectivity index (χ1v) is 11.3. The van der Waals surface area contributed by atoms with E-state index in [-0.39, 0.29) is 23.9 Å². The summed E-state index contributed by atoms with van der Waals surface area (Å²) in [5.41, 5.74) is 2.98. The number of carbonyl (C=O) groups is 3. The van der Waals surface area contributed by atoms with Gasteiger partial charge in [0.15, 0.2) is 0 Å². The first-order valence-electron chi connectivity index (χ1n) is 11.3. The van der Waals surface area contributed by atoms with Crippen molar-refractivity contribution in [2.45, 2.75) is 58.5 Å². The highest BCUT2D eigenvalue weighted by Gasteiger charge is 2.28. The van der Waals surface area contributed by atoms with Crippen molar-refractivity contribution in [3.8, 4) is 0 Å². The zero-order valence-corrected chi connectivity index (χ0v) is 18.9. The molecule has 1 aliphatic carbocycles. The minimum absolute atomic E-state index is 0.0276. The van der Waals surface area contributed by atoms with Gasteiger partial charge in [-0.05, 0) is 44.7 Å². The van der Waals surface area contributed by atoms with Crippen molar-refractivity contribution in [2.75, 3.05) is 38.0 Å². The third-order valence-corrected chi connectivity index (χ3v) is 6.37. The molecule has 31 heavy (non-hydrogen) atoms. The Bertz CT molecular complexity index is 778. The Morgan fingerprint density at radius 2 is 1.65 bits per heavy atom. The summed E-state index contributed by atoms with van der Waals surface area (Å²) in [5.74, 6) is -0.308.